The summed E-state index contributed by atoms with van der Waals surface area (Å²) in [4.78, 5) is 18.0. The Morgan fingerprint density at radius 1 is 1.20 bits per heavy atom. The summed E-state index contributed by atoms with van der Waals surface area (Å²) in [6.07, 6.45) is 3.73. The fraction of sp³-hybridized carbons (Fsp3) is 0.273. The molecular formula is C22H23BrN6O. The van der Waals surface area contributed by atoms with Gasteiger partial charge in [0, 0.05) is 30.2 Å². The minimum absolute atomic E-state index is 0.147. The second kappa shape index (κ2) is 8.39. The molecule has 0 spiro atoms. The number of rotatable bonds is 6. The lowest BCUT2D eigenvalue weighted by Gasteiger charge is -2.11. The van der Waals surface area contributed by atoms with Gasteiger partial charge in [-0.25, -0.2) is 4.98 Å². The number of carbonyl (C=O) groups is 1. The van der Waals surface area contributed by atoms with Crippen LogP contribution < -0.4 is 5.32 Å². The lowest BCUT2D eigenvalue weighted by atomic mass is 10.0. The summed E-state index contributed by atoms with van der Waals surface area (Å²) >= 11 is 3.51. The summed E-state index contributed by atoms with van der Waals surface area (Å²) in [6, 6.07) is 9.56. The Bertz CT molecular complexity index is 1230. The summed E-state index contributed by atoms with van der Waals surface area (Å²) in [7, 11) is 0. The van der Waals surface area contributed by atoms with Crippen LogP contribution in [0.25, 0.3) is 22.2 Å². The molecule has 0 bridgehead atoms. The Morgan fingerprint density at radius 2 is 2.00 bits per heavy atom. The first kappa shape index (κ1) is 20.3. The van der Waals surface area contributed by atoms with E-state index in [4.69, 9.17) is 4.98 Å². The molecular weight excluding hydrogens is 444 g/mol. The highest BCUT2D eigenvalue weighted by Crippen LogP contribution is 2.27. The van der Waals surface area contributed by atoms with Gasteiger partial charge in [-0.15, -0.1) is 0 Å². The molecule has 7 nitrogen and oxygen atoms in total. The van der Waals surface area contributed by atoms with Crippen LogP contribution in [0, 0.1) is 6.92 Å². The van der Waals surface area contributed by atoms with Crippen LogP contribution in [0.2, 0.25) is 0 Å². The van der Waals surface area contributed by atoms with Gasteiger partial charge in [0.1, 0.15) is 0 Å². The van der Waals surface area contributed by atoms with Crippen LogP contribution in [0.1, 0.15) is 35.6 Å². The molecule has 0 saturated carbocycles. The molecule has 4 rings (SSSR count). The van der Waals surface area contributed by atoms with Crippen LogP contribution in [0.4, 0.5) is 0 Å². The van der Waals surface area contributed by atoms with Crippen LogP contribution in [-0.2, 0) is 19.6 Å². The summed E-state index contributed by atoms with van der Waals surface area (Å²) in [5.41, 5.74) is 4.88. The predicted octanol–water partition coefficient (Wildman–Crippen LogP) is 4.34. The predicted molar refractivity (Wildman–Crippen MR) is 120 cm³/mol. The Morgan fingerprint density at radius 3 is 2.73 bits per heavy atom. The van der Waals surface area contributed by atoms with Gasteiger partial charge < -0.3 is 5.32 Å². The minimum Gasteiger partial charge on any atom is -0.346 e. The molecule has 0 aliphatic rings. The van der Waals surface area contributed by atoms with Gasteiger partial charge in [0.25, 0.3) is 5.91 Å². The number of para-hydroxylation sites is 1. The van der Waals surface area contributed by atoms with Crippen molar-refractivity contribution in [2.75, 3.05) is 0 Å². The zero-order valence-corrected chi connectivity index (χ0v) is 18.8. The third-order valence-corrected chi connectivity index (χ3v) is 5.78. The third-order valence-electron chi connectivity index (χ3n) is 5.12. The van der Waals surface area contributed by atoms with E-state index in [2.05, 4.69) is 31.4 Å². The van der Waals surface area contributed by atoms with Crippen LogP contribution in [0.3, 0.4) is 0 Å². The van der Waals surface area contributed by atoms with E-state index in [-0.39, 0.29) is 5.91 Å². The molecule has 1 aromatic carbocycles. The van der Waals surface area contributed by atoms with E-state index in [0.717, 1.165) is 51.1 Å². The van der Waals surface area contributed by atoms with Gasteiger partial charge >= 0.3 is 0 Å². The van der Waals surface area contributed by atoms with Gasteiger partial charge in [-0.3, -0.25) is 14.2 Å². The molecule has 0 aliphatic heterocycles. The first-order valence-electron chi connectivity index (χ1n) is 9.94. The highest BCUT2D eigenvalue weighted by atomic mass is 79.9. The van der Waals surface area contributed by atoms with Crippen molar-refractivity contribution in [3.8, 4) is 11.3 Å². The van der Waals surface area contributed by atoms with Crippen molar-refractivity contribution in [1.29, 1.82) is 0 Å². The van der Waals surface area contributed by atoms with Crippen LogP contribution in [0.15, 0.2) is 47.2 Å². The van der Waals surface area contributed by atoms with Gasteiger partial charge in [0.05, 0.1) is 45.4 Å². The van der Waals surface area contributed by atoms with E-state index in [0.29, 0.717) is 12.1 Å². The molecule has 4 aromatic rings. The first-order valence-corrected chi connectivity index (χ1v) is 10.7. The second-order valence-electron chi connectivity index (χ2n) is 6.99. The standard InChI is InChI=1S/C22H23BrN6O/c1-4-28-13-17(14(3)27-28)20-10-16(15-8-6-7-9-19(15)26-20)22(30)24-12-21-18(23)11-25-29(21)5-2/h6-11,13H,4-5,12H2,1-3H3,(H,24,30). The SMILES string of the molecule is CCn1cc(-c2cc(C(=O)NCc3c(Br)cnn3CC)c3ccccc3n2)c(C)n1. The van der Waals surface area contributed by atoms with Crippen molar-refractivity contribution < 1.29 is 4.79 Å². The van der Waals surface area contributed by atoms with Gasteiger partial charge in [0.15, 0.2) is 0 Å². The van der Waals surface area contributed by atoms with Gasteiger partial charge in [-0.2, -0.15) is 10.2 Å². The molecule has 1 amide bonds. The molecule has 3 heterocycles. The number of pyridine rings is 1. The molecule has 0 saturated heterocycles. The molecule has 30 heavy (non-hydrogen) atoms. The van der Waals surface area contributed by atoms with E-state index < -0.39 is 0 Å². The summed E-state index contributed by atoms with van der Waals surface area (Å²) in [5, 5.41) is 12.7. The Kier molecular flexibility index (Phi) is 5.67. The molecule has 154 valence electrons. The average molecular weight is 467 g/mol. The van der Waals surface area contributed by atoms with E-state index in [1.54, 1.807) is 6.20 Å². The average Bonchev–Trinajstić information content (AvgIpc) is 3.32. The number of hydrogen-bond donors (Lipinski definition) is 1. The topological polar surface area (TPSA) is 77.6 Å². The number of halogens is 1. The normalized spacial score (nSPS) is 11.2. The lowest BCUT2D eigenvalue weighted by Crippen LogP contribution is -2.25. The van der Waals surface area contributed by atoms with Gasteiger partial charge in [-0.1, -0.05) is 18.2 Å². The summed E-state index contributed by atoms with van der Waals surface area (Å²) < 4.78 is 4.63. The van der Waals surface area contributed by atoms with Crippen molar-refractivity contribution in [1.82, 2.24) is 29.9 Å². The van der Waals surface area contributed by atoms with Crippen molar-refractivity contribution in [3.63, 3.8) is 0 Å². The van der Waals surface area contributed by atoms with Crippen molar-refractivity contribution in [2.24, 2.45) is 0 Å². The van der Waals surface area contributed by atoms with E-state index in [1.165, 1.54) is 0 Å². The zero-order chi connectivity index (χ0) is 21.3. The van der Waals surface area contributed by atoms with Crippen LogP contribution in [0.5, 0.6) is 0 Å². The van der Waals surface area contributed by atoms with Crippen molar-refractivity contribution in [2.45, 2.75) is 40.4 Å². The van der Waals surface area contributed by atoms with E-state index in [9.17, 15) is 4.79 Å². The summed E-state index contributed by atoms with van der Waals surface area (Å²) in [5.74, 6) is -0.147. The van der Waals surface area contributed by atoms with Crippen molar-refractivity contribution >= 4 is 32.7 Å². The second-order valence-corrected chi connectivity index (χ2v) is 7.85. The number of nitrogens with one attached hydrogen (secondary N) is 1. The first-order chi connectivity index (χ1) is 14.5. The summed E-state index contributed by atoms with van der Waals surface area (Å²) in [6.45, 7) is 7.92. The smallest absolute Gasteiger partial charge is 0.252 e. The Labute approximate surface area is 183 Å². The number of carbonyl (C=O) groups excluding carboxylic acids is 1. The Hall–Kier alpha value is -3.00. The number of benzene rings is 1. The van der Waals surface area contributed by atoms with E-state index in [1.807, 2.05) is 66.7 Å². The fourth-order valence-corrected chi connectivity index (χ4v) is 3.96. The number of hydrogen-bond acceptors (Lipinski definition) is 4. The molecule has 3 aromatic heterocycles. The number of aromatic nitrogens is 5. The van der Waals surface area contributed by atoms with Gasteiger partial charge in [0.2, 0.25) is 0 Å². The minimum atomic E-state index is -0.147. The number of amides is 1. The maximum absolute atomic E-state index is 13.2. The zero-order valence-electron chi connectivity index (χ0n) is 17.2. The maximum Gasteiger partial charge on any atom is 0.252 e. The van der Waals surface area contributed by atoms with Crippen LogP contribution >= 0.6 is 15.9 Å². The molecule has 0 fully saturated rings. The molecule has 0 atom stereocenters. The molecule has 1 N–H and O–H groups in total. The number of fused-ring (bicyclic) bond motifs is 1. The molecule has 0 unspecified atom stereocenters. The highest BCUT2D eigenvalue weighted by molar-refractivity contribution is 9.10. The lowest BCUT2D eigenvalue weighted by molar-refractivity contribution is 0.0951. The van der Waals surface area contributed by atoms with Crippen molar-refractivity contribution in [3.05, 3.63) is 64.1 Å². The highest BCUT2D eigenvalue weighted by Gasteiger charge is 2.17. The molecule has 0 aliphatic carbocycles. The molecule has 8 heteroatoms. The van der Waals surface area contributed by atoms with Crippen LogP contribution in [-0.4, -0.2) is 30.5 Å². The molecule has 0 radical (unpaired) electrons. The monoisotopic (exact) mass is 466 g/mol. The fourth-order valence-electron chi connectivity index (χ4n) is 3.53. The quantitative estimate of drug-likeness (QED) is 0.458. The third kappa shape index (κ3) is 3.75. The van der Waals surface area contributed by atoms with E-state index >= 15 is 0 Å². The van der Waals surface area contributed by atoms with Gasteiger partial charge in [-0.05, 0) is 48.8 Å². The number of nitrogens with zero attached hydrogens (tertiary/aromatic N) is 5. The largest absolute Gasteiger partial charge is 0.346 e. The maximum atomic E-state index is 13.2. The number of aryl methyl sites for hydroxylation is 3. The Balaban J connectivity index is 1.72.